The van der Waals surface area contributed by atoms with Crippen LogP contribution in [0.2, 0.25) is 0 Å². The van der Waals surface area contributed by atoms with E-state index in [4.69, 9.17) is 9.84 Å². The Morgan fingerprint density at radius 2 is 1.85 bits per heavy atom. The molecule has 1 heterocycles. The Labute approximate surface area is 152 Å². The zero-order valence-electron chi connectivity index (χ0n) is 14.4. The lowest BCUT2D eigenvalue weighted by atomic mass is 9.98. The lowest BCUT2D eigenvalue weighted by molar-refractivity contribution is -0.147. The second-order valence-corrected chi connectivity index (χ2v) is 8.28. The van der Waals surface area contributed by atoms with Crippen molar-refractivity contribution < 1.29 is 27.9 Å². The minimum Gasteiger partial charge on any atom is -0.443 e. The number of rotatable bonds is 4. The van der Waals surface area contributed by atoms with Crippen LogP contribution in [0.4, 0.5) is 0 Å². The Morgan fingerprint density at radius 1 is 1.19 bits per heavy atom. The first-order valence-electron chi connectivity index (χ1n) is 8.44. The summed E-state index contributed by atoms with van der Waals surface area (Å²) in [4.78, 5) is 24.6. The number of benzene rings is 1. The summed E-state index contributed by atoms with van der Waals surface area (Å²) in [5.41, 5.74) is 1.21. The first-order chi connectivity index (χ1) is 12.5. The zero-order valence-corrected chi connectivity index (χ0v) is 15.2. The smallest absolute Gasteiger partial charge is 0.312 e. The fourth-order valence-corrected chi connectivity index (χ4v) is 5.88. The number of allylic oxidation sites excluding steroid dienone is 1. The fourth-order valence-electron chi connectivity index (χ4n) is 3.97. The molecule has 3 aliphatic rings. The van der Waals surface area contributed by atoms with Crippen molar-refractivity contribution in [1.82, 2.24) is 4.31 Å². The molecule has 1 amide bonds. The molecule has 1 aromatic rings. The van der Waals surface area contributed by atoms with E-state index in [2.05, 4.69) is 0 Å². The van der Waals surface area contributed by atoms with Gasteiger partial charge < -0.3 is 9.84 Å². The molecule has 1 N–H and O–H groups in total. The van der Waals surface area contributed by atoms with Gasteiger partial charge >= 0.3 is 5.97 Å². The number of sulfonamides is 1. The van der Waals surface area contributed by atoms with Crippen LogP contribution in [0.3, 0.4) is 0 Å². The van der Waals surface area contributed by atoms with Gasteiger partial charge in [-0.3, -0.25) is 9.59 Å². The van der Waals surface area contributed by atoms with Gasteiger partial charge in [-0.1, -0.05) is 30.3 Å². The predicted molar refractivity (Wildman–Crippen MR) is 92.9 cm³/mol. The van der Waals surface area contributed by atoms with Crippen LogP contribution in [0.25, 0.3) is 0 Å². The van der Waals surface area contributed by atoms with E-state index in [-0.39, 0.29) is 23.2 Å². The average molecular weight is 379 g/mol. The molecule has 8 heteroatoms. The highest BCUT2D eigenvalue weighted by molar-refractivity contribution is 7.94. The van der Waals surface area contributed by atoms with E-state index in [1.165, 1.54) is 0 Å². The molecule has 1 aromatic carbocycles. The Bertz CT molecular complexity index is 846. The highest BCUT2D eigenvalue weighted by Gasteiger charge is 2.55. The standard InChI is InChI=1S/C17H17NO5S.CH4O/c19-14(8-11-4-2-1-3-5-11)23-10-18-17(20)15-12-6-7-13(9-12)16(15)24(18,21)22;1-2/h1-5,12-13H,6-10H2;2H,1H3. The summed E-state index contributed by atoms with van der Waals surface area (Å²) in [5.74, 6) is -1.05. The number of carbonyl (C=O) groups is 2. The van der Waals surface area contributed by atoms with Crippen LogP contribution in [0.5, 0.6) is 0 Å². The number of amides is 1. The van der Waals surface area contributed by atoms with E-state index < -0.39 is 28.6 Å². The van der Waals surface area contributed by atoms with Crippen LogP contribution in [0.15, 0.2) is 40.8 Å². The number of esters is 1. The van der Waals surface area contributed by atoms with Crippen LogP contribution in [0.1, 0.15) is 24.8 Å². The zero-order chi connectivity index (χ0) is 18.9. The van der Waals surface area contributed by atoms with Gasteiger partial charge in [0.2, 0.25) is 0 Å². The molecule has 2 aliphatic carbocycles. The van der Waals surface area contributed by atoms with Crippen molar-refractivity contribution in [3.05, 3.63) is 46.4 Å². The van der Waals surface area contributed by atoms with Gasteiger partial charge in [-0.2, -0.15) is 4.31 Å². The third kappa shape index (κ3) is 3.03. The Hall–Kier alpha value is -2.19. The highest BCUT2D eigenvalue weighted by Crippen LogP contribution is 2.54. The summed E-state index contributed by atoms with van der Waals surface area (Å²) in [7, 11) is -2.83. The summed E-state index contributed by atoms with van der Waals surface area (Å²) in [6.45, 7) is -0.542. The van der Waals surface area contributed by atoms with Crippen molar-refractivity contribution in [3.63, 3.8) is 0 Å². The first-order valence-corrected chi connectivity index (χ1v) is 9.88. The van der Waals surface area contributed by atoms with Crippen molar-refractivity contribution in [3.8, 4) is 0 Å². The van der Waals surface area contributed by atoms with Crippen LogP contribution in [0, 0.1) is 11.8 Å². The summed E-state index contributed by atoms with van der Waals surface area (Å²) in [5, 5.41) is 7.00. The maximum Gasteiger partial charge on any atom is 0.312 e. The van der Waals surface area contributed by atoms with Gasteiger partial charge in [0.05, 0.1) is 11.3 Å². The number of hydrogen-bond acceptors (Lipinski definition) is 6. The third-order valence-corrected chi connectivity index (χ3v) is 7.00. The third-order valence-electron chi connectivity index (χ3n) is 5.04. The Morgan fingerprint density at radius 3 is 2.50 bits per heavy atom. The van der Waals surface area contributed by atoms with Crippen LogP contribution in [-0.2, 0) is 30.8 Å². The van der Waals surface area contributed by atoms with Crippen LogP contribution < -0.4 is 0 Å². The van der Waals surface area contributed by atoms with Gasteiger partial charge in [0, 0.05) is 12.7 Å². The molecule has 4 rings (SSSR count). The van der Waals surface area contributed by atoms with E-state index in [1.54, 1.807) is 24.3 Å². The maximum absolute atomic E-state index is 12.6. The first kappa shape index (κ1) is 18.6. The molecule has 0 aromatic heterocycles. The molecule has 1 saturated carbocycles. The monoisotopic (exact) mass is 379 g/mol. The molecule has 1 fully saturated rings. The van der Waals surface area contributed by atoms with Gasteiger partial charge in [-0.05, 0) is 36.7 Å². The molecule has 1 aliphatic heterocycles. The molecular weight excluding hydrogens is 358 g/mol. The van der Waals surface area contributed by atoms with Gasteiger partial charge in [0.25, 0.3) is 15.9 Å². The number of nitrogens with zero attached hydrogens (tertiary/aromatic N) is 1. The maximum atomic E-state index is 12.6. The minimum absolute atomic E-state index is 0.0380. The van der Waals surface area contributed by atoms with Crippen LogP contribution >= 0.6 is 0 Å². The van der Waals surface area contributed by atoms with Crippen molar-refractivity contribution in [2.45, 2.75) is 25.7 Å². The topological polar surface area (TPSA) is 101 Å². The van der Waals surface area contributed by atoms with Gasteiger partial charge in [0.15, 0.2) is 6.73 Å². The van der Waals surface area contributed by atoms with E-state index in [1.807, 2.05) is 6.07 Å². The van der Waals surface area contributed by atoms with Crippen molar-refractivity contribution in [1.29, 1.82) is 0 Å². The summed E-state index contributed by atoms with van der Waals surface area (Å²) >= 11 is 0. The van der Waals surface area contributed by atoms with E-state index in [0.29, 0.717) is 9.88 Å². The number of aliphatic hydroxyl groups is 1. The minimum atomic E-state index is -3.83. The fraction of sp³-hybridized carbons (Fsp3) is 0.444. The molecule has 26 heavy (non-hydrogen) atoms. The summed E-state index contributed by atoms with van der Waals surface area (Å²) in [6.07, 6.45) is 2.49. The SMILES string of the molecule is CO.O=C(Cc1ccccc1)OCN1C(=O)C2=C(C3CCC2C3)S1(=O)=O. The molecule has 7 nitrogen and oxygen atoms in total. The number of hydrogen-bond donors (Lipinski definition) is 1. The average Bonchev–Trinajstić information content (AvgIpc) is 3.30. The van der Waals surface area contributed by atoms with Gasteiger partial charge in [0.1, 0.15) is 0 Å². The molecule has 2 unspecified atom stereocenters. The Kier molecular flexibility index (Phi) is 5.15. The second-order valence-electron chi connectivity index (χ2n) is 6.45. The quantitative estimate of drug-likeness (QED) is 0.789. The van der Waals surface area contributed by atoms with E-state index >= 15 is 0 Å². The predicted octanol–water partition coefficient (Wildman–Crippen LogP) is 1.19. The van der Waals surface area contributed by atoms with Gasteiger partial charge in [-0.25, -0.2) is 8.42 Å². The van der Waals surface area contributed by atoms with Crippen molar-refractivity contribution in [2.24, 2.45) is 11.8 Å². The van der Waals surface area contributed by atoms with Crippen molar-refractivity contribution >= 4 is 21.9 Å². The molecule has 2 bridgehead atoms. The van der Waals surface area contributed by atoms with Crippen LogP contribution in [-0.4, -0.2) is 43.5 Å². The lowest BCUT2D eigenvalue weighted by Crippen LogP contribution is -2.36. The second kappa shape index (κ2) is 7.20. The van der Waals surface area contributed by atoms with E-state index in [0.717, 1.165) is 31.9 Å². The molecular formula is C18H21NO6S. The number of carbonyl (C=O) groups excluding carboxylic acids is 2. The molecule has 140 valence electrons. The molecule has 2 atom stereocenters. The summed E-state index contributed by atoms with van der Waals surface area (Å²) in [6, 6.07) is 9.02. The van der Waals surface area contributed by atoms with Gasteiger partial charge in [-0.15, -0.1) is 0 Å². The molecule has 0 saturated heterocycles. The number of fused-ring (bicyclic) bond motifs is 4. The largest absolute Gasteiger partial charge is 0.443 e. The Balaban J connectivity index is 0.000000948. The normalized spacial score (nSPS) is 25.0. The number of aliphatic hydroxyl groups excluding tert-OH is 1. The van der Waals surface area contributed by atoms with E-state index in [9.17, 15) is 18.0 Å². The molecule has 0 spiro atoms. The molecule has 0 radical (unpaired) electrons. The highest BCUT2D eigenvalue weighted by atomic mass is 32.2. The lowest BCUT2D eigenvalue weighted by Gasteiger charge is -2.19. The summed E-state index contributed by atoms with van der Waals surface area (Å²) < 4.78 is 31.0. The number of ether oxygens (including phenoxy) is 1. The van der Waals surface area contributed by atoms with Crippen molar-refractivity contribution in [2.75, 3.05) is 13.8 Å².